The molecule has 1 atom stereocenters. The number of methoxy groups -OCH3 is 1. The Labute approximate surface area is 200 Å². The van der Waals surface area contributed by atoms with E-state index in [4.69, 9.17) is 9.47 Å². The van der Waals surface area contributed by atoms with Crippen molar-refractivity contribution in [3.05, 3.63) is 65.9 Å². The number of para-hydroxylation sites is 1. The van der Waals surface area contributed by atoms with Crippen molar-refractivity contribution in [1.29, 1.82) is 0 Å². The summed E-state index contributed by atoms with van der Waals surface area (Å²) in [5, 5.41) is 4.63. The Hall–Kier alpha value is -3.32. The zero-order chi connectivity index (χ0) is 24.3. The van der Waals surface area contributed by atoms with E-state index < -0.39 is 5.60 Å². The lowest BCUT2D eigenvalue weighted by Crippen LogP contribution is -2.49. The van der Waals surface area contributed by atoms with Crippen LogP contribution >= 0.6 is 0 Å². The molecule has 1 fully saturated rings. The van der Waals surface area contributed by atoms with E-state index in [2.05, 4.69) is 28.2 Å². The molecule has 0 saturated carbocycles. The largest absolute Gasteiger partial charge is 0.465 e. The lowest BCUT2D eigenvalue weighted by atomic mass is 10.0. The monoisotopic (exact) mass is 463 g/mol. The highest BCUT2D eigenvalue weighted by Gasteiger charge is 2.27. The highest BCUT2D eigenvalue weighted by Crippen LogP contribution is 2.27. The summed E-state index contributed by atoms with van der Waals surface area (Å²) in [5.74, 6) is -0.353. The third kappa shape index (κ3) is 5.42. The van der Waals surface area contributed by atoms with Crippen LogP contribution in [0.1, 0.15) is 49.5 Å². The summed E-state index contributed by atoms with van der Waals surface area (Å²) >= 11 is 0. The van der Waals surface area contributed by atoms with Gasteiger partial charge in [0, 0.05) is 42.9 Å². The number of carbonyl (C=O) groups excluding carboxylic acids is 2. The van der Waals surface area contributed by atoms with E-state index >= 15 is 0 Å². The molecule has 1 unspecified atom stereocenters. The molecule has 1 N–H and O–H groups in total. The average Bonchev–Trinajstić information content (AvgIpc) is 3.20. The number of likely N-dealkylation sites (tertiary alicyclic amines) is 1. The van der Waals surface area contributed by atoms with Crippen molar-refractivity contribution < 1.29 is 19.1 Å². The predicted molar refractivity (Wildman–Crippen MR) is 132 cm³/mol. The summed E-state index contributed by atoms with van der Waals surface area (Å²) in [5.41, 5.74) is 3.18. The van der Waals surface area contributed by atoms with Gasteiger partial charge in [-0.3, -0.25) is 0 Å². The van der Waals surface area contributed by atoms with Crippen molar-refractivity contribution in [3.8, 4) is 5.69 Å². The van der Waals surface area contributed by atoms with Crippen LogP contribution in [0, 0.1) is 0 Å². The molecule has 2 aromatic carbocycles. The van der Waals surface area contributed by atoms with Gasteiger partial charge in [0.1, 0.15) is 5.60 Å². The van der Waals surface area contributed by atoms with E-state index in [1.54, 1.807) is 11.0 Å². The molecular weight excluding hydrogens is 430 g/mol. The summed E-state index contributed by atoms with van der Waals surface area (Å²) in [6.07, 6.45) is 3.77. The van der Waals surface area contributed by atoms with E-state index in [1.807, 2.05) is 51.1 Å². The van der Waals surface area contributed by atoms with E-state index in [1.165, 1.54) is 7.11 Å². The van der Waals surface area contributed by atoms with Crippen LogP contribution in [-0.4, -0.2) is 53.4 Å². The van der Waals surface area contributed by atoms with E-state index in [9.17, 15) is 9.59 Å². The number of rotatable bonds is 5. The minimum atomic E-state index is -0.506. The molecule has 34 heavy (non-hydrogen) atoms. The standard InChI is InChI=1S/C27H33N3O4/c1-27(2,3)34-26(32)29-14-8-9-21(18-29)28-16-20-17-30(22-10-6-5-7-11-22)24-13-12-19(15-23(20)24)25(31)33-4/h5-7,10-13,15,17,21,28H,8-9,14,16,18H2,1-4H3. The van der Waals surface area contributed by atoms with Crippen LogP contribution in [0.3, 0.4) is 0 Å². The van der Waals surface area contributed by atoms with Gasteiger partial charge in [0.25, 0.3) is 0 Å². The second-order valence-corrected chi connectivity index (χ2v) is 9.73. The van der Waals surface area contributed by atoms with Gasteiger partial charge in [-0.05, 0) is 69.5 Å². The highest BCUT2D eigenvalue weighted by molar-refractivity contribution is 5.96. The Bertz CT molecular complexity index is 1160. The lowest BCUT2D eigenvalue weighted by Gasteiger charge is -2.34. The number of nitrogens with one attached hydrogen (secondary N) is 1. The molecule has 1 aliphatic rings. The number of ether oxygens (including phenoxy) is 2. The molecule has 4 rings (SSSR count). The molecule has 1 aromatic heterocycles. The van der Waals surface area contributed by atoms with Gasteiger partial charge in [-0.1, -0.05) is 18.2 Å². The molecule has 1 saturated heterocycles. The Morgan fingerprint density at radius 1 is 1.12 bits per heavy atom. The maximum Gasteiger partial charge on any atom is 0.410 e. The fraction of sp³-hybridized carbons (Fsp3) is 0.407. The van der Waals surface area contributed by atoms with Crippen LogP contribution < -0.4 is 5.32 Å². The Morgan fingerprint density at radius 3 is 2.59 bits per heavy atom. The molecule has 1 aliphatic heterocycles. The normalized spacial score (nSPS) is 16.5. The molecule has 0 bridgehead atoms. The maximum absolute atomic E-state index is 12.5. The molecule has 1 amide bonds. The van der Waals surface area contributed by atoms with Crippen LogP contribution in [0.25, 0.3) is 16.6 Å². The summed E-state index contributed by atoms with van der Waals surface area (Å²) in [4.78, 5) is 26.5. The van der Waals surface area contributed by atoms with Crippen LogP contribution in [0.15, 0.2) is 54.7 Å². The van der Waals surface area contributed by atoms with Crippen LogP contribution in [0.5, 0.6) is 0 Å². The molecule has 7 heteroatoms. The topological polar surface area (TPSA) is 72.8 Å². The maximum atomic E-state index is 12.5. The molecule has 0 spiro atoms. The number of benzene rings is 2. The van der Waals surface area contributed by atoms with Crippen molar-refractivity contribution in [3.63, 3.8) is 0 Å². The quantitative estimate of drug-likeness (QED) is 0.545. The summed E-state index contributed by atoms with van der Waals surface area (Å²) in [6.45, 7) is 7.59. The average molecular weight is 464 g/mol. The Morgan fingerprint density at radius 2 is 1.88 bits per heavy atom. The van der Waals surface area contributed by atoms with Crippen LogP contribution in [-0.2, 0) is 16.0 Å². The SMILES string of the molecule is COC(=O)c1ccc2c(c1)c(CNC1CCCN(C(=O)OC(C)(C)C)C1)cn2-c1ccccc1. The first-order chi connectivity index (χ1) is 16.2. The molecule has 2 heterocycles. The Balaban J connectivity index is 1.56. The zero-order valence-electron chi connectivity index (χ0n) is 20.3. The minimum absolute atomic E-state index is 0.167. The van der Waals surface area contributed by atoms with E-state index in [0.717, 1.165) is 35.0 Å². The van der Waals surface area contributed by atoms with Crippen molar-refractivity contribution in [2.24, 2.45) is 0 Å². The zero-order valence-corrected chi connectivity index (χ0v) is 20.3. The van der Waals surface area contributed by atoms with Gasteiger partial charge in [0.2, 0.25) is 0 Å². The van der Waals surface area contributed by atoms with Crippen molar-refractivity contribution >= 4 is 23.0 Å². The highest BCUT2D eigenvalue weighted by atomic mass is 16.6. The van der Waals surface area contributed by atoms with Crippen LogP contribution in [0.2, 0.25) is 0 Å². The predicted octanol–water partition coefficient (Wildman–Crippen LogP) is 4.91. The number of hydrogen-bond donors (Lipinski definition) is 1. The lowest BCUT2D eigenvalue weighted by molar-refractivity contribution is 0.0187. The minimum Gasteiger partial charge on any atom is -0.465 e. The van der Waals surface area contributed by atoms with Gasteiger partial charge in [-0.25, -0.2) is 9.59 Å². The van der Waals surface area contributed by atoms with E-state index in [-0.39, 0.29) is 18.1 Å². The fourth-order valence-electron chi connectivity index (χ4n) is 4.38. The molecule has 3 aromatic rings. The van der Waals surface area contributed by atoms with Gasteiger partial charge in [-0.15, -0.1) is 0 Å². The van der Waals surface area contributed by atoms with Gasteiger partial charge in [0.05, 0.1) is 18.2 Å². The number of hydrogen-bond acceptors (Lipinski definition) is 5. The van der Waals surface area contributed by atoms with Gasteiger partial charge in [-0.2, -0.15) is 0 Å². The number of aromatic nitrogens is 1. The first kappa shape index (κ1) is 23.8. The molecular formula is C27H33N3O4. The third-order valence-electron chi connectivity index (χ3n) is 6.00. The molecule has 180 valence electrons. The first-order valence-electron chi connectivity index (χ1n) is 11.7. The van der Waals surface area contributed by atoms with Crippen molar-refractivity contribution in [2.45, 2.75) is 51.8 Å². The summed E-state index contributed by atoms with van der Waals surface area (Å²) < 4.78 is 12.6. The summed E-state index contributed by atoms with van der Waals surface area (Å²) in [6, 6.07) is 15.9. The van der Waals surface area contributed by atoms with Gasteiger partial charge >= 0.3 is 12.1 Å². The van der Waals surface area contributed by atoms with Gasteiger partial charge in [0.15, 0.2) is 0 Å². The Kier molecular flexibility index (Phi) is 6.93. The smallest absolute Gasteiger partial charge is 0.410 e. The number of fused-ring (bicyclic) bond motifs is 1. The first-order valence-corrected chi connectivity index (χ1v) is 11.7. The number of nitrogens with zero attached hydrogens (tertiary/aromatic N) is 2. The summed E-state index contributed by atoms with van der Waals surface area (Å²) in [7, 11) is 1.39. The second-order valence-electron chi connectivity index (χ2n) is 9.73. The molecule has 0 aliphatic carbocycles. The number of carbonyl (C=O) groups is 2. The van der Waals surface area contributed by atoms with E-state index in [0.29, 0.717) is 25.2 Å². The number of piperidine rings is 1. The number of amides is 1. The fourth-order valence-corrected chi connectivity index (χ4v) is 4.38. The molecule has 0 radical (unpaired) electrons. The molecule has 7 nitrogen and oxygen atoms in total. The number of esters is 1. The van der Waals surface area contributed by atoms with Gasteiger partial charge < -0.3 is 24.3 Å². The second kappa shape index (κ2) is 9.89. The van der Waals surface area contributed by atoms with Crippen molar-refractivity contribution in [1.82, 2.24) is 14.8 Å². The third-order valence-corrected chi connectivity index (χ3v) is 6.00. The van der Waals surface area contributed by atoms with Crippen molar-refractivity contribution in [2.75, 3.05) is 20.2 Å². The van der Waals surface area contributed by atoms with Crippen LogP contribution in [0.4, 0.5) is 4.79 Å².